The van der Waals surface area contributed by atoms with Crippen molar-refractivity contribution in [1.82, 2.24) is 5.32 Å². The minimum atomic E-state index is 0.914. The monoisotopic (exact) mass is 201 g/mol. The first-order valence-corrected chi connectivity index (χ1v) is 5.71. The van der Waals surface area contributed by atoms with Crippen molar-refractivity contribution in [1.29, 1.82) is 0 Å². The van der Waals surface area contributed by atoms with Crippen LogP contribution < -0.4 is 5.32 Å². The van der Waals surface area contributed by atoms with Crippen LogP contribution in [0.4, 0.5) is 0 Å². The molecule has 1 heteroatoms. The van der Waals surface area contributed by atoms with Gasteiger partial charge in [-0.25, -0.2) is 0 Å². The van der Waals surface area contributed by atoms with Gasteiger partial charge in [0.1, 0.15) is 0 Å². The van der Waals surface area contributed by atoms with Crippen LogP contribution in [0.15, 0.2) is 30.4 Å². The molecule has 0 saturated carbocycles. The van der Waals surface area contributed by atoms with E-state index in [1.807, 2.05) is 0 Å². The van der Waals surface area contributed by atoms with Gasteiger partial charge >= 0.3 is 0 Å². The van der Waals surface area contributed by atoms with Crippen molar-refractivity contribution in [2.75, 3.05) is 6.54 Å². The van der Waals surface area contributed by atoms with Crippen molar-refractivity contribution in [3.05, 3.63) is 47.0 Å². The first-order chi connectivity index (χ1) is 7.25. The maximum atomic E-state index is 3.88. The highest BCUT2D eigenvalue weighted by atomic mass is 14.8. The summed E-state index contributed by atoms with van der Waals surface area (Å²) < 4.78 is 0. The molecule has 1 nitrogen and oxygen atoms in total. The Morgan fingerprint density at radius 2 is 2.13 bits per heavy atom. The number of aryl methyl sites for hydroxylation is 2. The summed E-state index contributed by atoms with van der Waals surface area (Å²) in [4.78, 5) is 0. The number of hydrogen-bond donors (Lipinski definition) is 1. The molecule has 0 atom stereocenters. The number of fused-ring (bicyclic) bond motifs is 1. The van der Waals surface area contributed by atoms with Gasteiger partial charge in [0.05, 0.1) is 0 Å². The van der Waals surface area contributed by atoms with Gasteiger partial charge in [-0.05, 0) is 42.9 Å². The van der Waals surface area contributed by atoms with E-state index < -0.39 is 0 Å². The van der Waals surface area contributed by atoms with Gasteiger partial charge in [0.25, 0.3) is 0 Å². The molecule has 0 fully saturated rings. The number of rotatable bonds is 4. The Balaban J connectivity index is 1.95. The molecule has 1 aliphatic rings. The van der Waals surface area contributed by atoms with Crippen LogP contribution in [0.25, 0.3) is 0 Å². The summed E-state index contributed by atoms with van der Waals surface area (Å²) >= 11 is 0. The Labute approximate surface area is 92.2 Å². The molecule has 0 heterocycles. The summed E-state index contributed by atoms with van der Waals surface area (Å²) in [6.45, 7) is 7.81. The summed E-state index contributed by atoms with van der Waals surface area (Å²) in [5.74, 6) is 0. The highest BCUT2D eigenvalue weighted by molar-refractivity contribution is 5.35. The van der Waals surface area contributed by atoms with Crippen molar-refractivity contribution >= 4 is 0 Å². The van der Waals surface area contributed by atoms with E-state index in [1.165, 1.54) is 30.4 Å². The smallest absolute Gasteiger partial charge is 0.0208 e. The lowest BCUT2D eigenvalue weighted by Crippen LogP contribution is -2.15. The Hall–Kier alpha value is -1.08. The van der Waals surface area contributed by atoms with Gasteiger partial charge in [0, 0.05) is 13.1 Å². The molecular weight excluding hydrogens is 182 g/mol. The van der Waals surface area contributed by atoms with E-state index >= 15 is 0 Å². The summed E-state index contributed by atoms with van der Waals surface area (Å²) in [5, 5.41) is 3.39. The van der Waals surface area contributed by atoms with E-state index in [4.69, 9.17) is 0 Å². The fraction of sp³-hybridized carbons (Fsp3) is 0.429. The lowest BCUT2D eigenvalue weighted by atomic mass is 10.1. The van der Waals surface area contributed by atoms with Gasteiger partial charge in [-0.3, -0.25) is 0 Å². The third-order valence-corrected chi connectivity index (χ3v) is 2.92. The predicted molar refractivity (Wildman–Crippen MR) is 65.0 cm³/mol. The molecule has 0 saturated heterocycles. The van der Waals surface area contributed by atoms with Crippen molar-refractivity contribution in [2.45, 2.75) is 32.7 Å². The molecule has 0 aliphatic heterocycles. The summed E-state index contributed by atoms with van der Waals surface area (Å²) in [7, 11) is 0. The zero-order valence-electron chi connectivity index (χ0n) is 9.47. The third kappa shape index (κ3) is 2.69. The fourth-order valence-corrected chi connectivity index (χ4v) is 2.16. The zero-order valence-corrected chi connectivity index (χ0v) is 9.47. The van der Waals surface area contributed by atoms with Gasteiger partial charge in [-0.15, -0.1) is 0 Å². The topological polar surface area (TPSA) is 12.0 Å². The van der Waals surface area contributed by atoms with Crippen LogP contribution >= 0.6 is 0 Å². The molecule has 1 N–H and O–H groups in total. The second-order valence-corrected chi connectivity index (χ2v) is 4.52. The standard InChI is InChI=1S/C14H19N/c1-11(2)9-15-10-12-6-7-13-4-3-5-14(13)8-12/h6-8,15H,1,3-5,9-10H2,2H3. The van der Waals surface area contributed by atoms with E-state index in [0.717, 1.165) is 13.1 Å². The number of hydrogen-bond acceptors (Lipinski definition) is 1. The van der Waals surface area contributed by atoms with Crippen LogP contribution in [-0.4, -0.2) is 6.54 Å². The fourth-order valence-electron chi connectivity index (χ4n) is 2.16. The van der Waals surface area contributed by atoms with E-state index in [9.17, 15) is 0 Å². The van der Waals surface area contributed by atoms with Gasteiger partial charge in [0.15, 0.2) is 0 Å². The highest BCUT2D eigenvalue weighted by Gasteiger charge is 2.10. The molecule has 0 amide bonds. The molecule has 0 bridgehead atoms. The zero-order chi connectivity index (χ0) is 10.7. The first-order valence-electron chi connectivity index (χ1n) is 5.71. The van der Waals surface area contributed by atoms with E-state index in [1.54, 1.807) is 11.1 Å². The summed E-state index contributed by atoms with van der Waals surface area (Å²) in [6, 6.07) is 6.89. The Morgan fingerprint density at radius 1 is 1.33 bits per heavy atom. The molecule has 0 spiro atoms. The average molecular weight is 201 g/mol. The second-order valence-electron chi connectivity index (χ2n) is 4.52. The maximum absolute atomic E-state index is 3.88. The minimum absolute atomic E-state index is 0.914. The normalized spacial score (nSPS) is 13.9. The molecule has 1 aromatic rings. The minimum Gasteiger partial charge on any atom is -0.309 e. The first kappa shape index (κ1) is 10.4. The second kappa shape index (κ2) is 4.63. The Kier molecular flexibility index (Phi) is 3.22. The van der Waals surface area contributed by atoms with Gasteiger partial charge in [-0.2, -0.15) is 0 Å². The predicted octanol–water partition coefficient (Wildman–Crippen LogP) is 2.84. The van der Waals surface area contributed by atoms with Crippen LogP contribution in [-0.2, 0) is 19.4 Å². The van der Waals surface area contributed by atoms with E-state index in [-0.39, 0.29) is 0 Å². The van der Waals surface area contributed by atoms with Crippen LogP contribution in [0.5, 0.6) is 0 Å². The lowest BCUT2D eigenvalue weighted by Gasteiger charge is -2.06. The largest absolute Gasteiger partial charge is 0.309 e. The molecule has 1 aliphatic carbocycles. The Morgan fingerprint density at radius 3 is 2.93 bits per heavy atom. The van der Waals surface area contributed by atoms with Crippen molar-refractivity contribution in [3.63, 3.8) is 0 Å². The summed E-state index contributed by atoms with van der Waals surface area (Å²) in [6.07, 6.45) is 3.87. The molecule has 0 radical (unpaired) electrons. The van der Waals surface area contributed by atoms with Gasteiger partial charge < -0.3 is 5.32 Å². The molecular formula is C14H19N. The average Bonchev–Trinajstić information content (AvgIpc) is 2.64. The lowest BCUT2D eigenvalue weighted by molar-refractivity contribution is 0.740. The van der Waals surface area contributed by atoms with Crippen molar-refractivity contribution in [3.8, 4) is 0 Å². The third-order valence-electron chi connectivity index (χ3n) is 2.92. The van der Waals surface area contributed by atoms with Crippen molar-refractivity contribution in [2.24, 2.45) is 0 Å². The van der Waals surface area contributed by atoms with E-state index in [0.29, 0.717) is 0 Å². The molecule has 2 rings (SSSR count). The highest BCUT2D eigenvalue weighted by Crippen LogP contribution is 2.22. The van der Waals surface area contributed by atoms with Crippen LogP contribution in [0.1, 0.15) is 30.0 Å². The molecule has 1 aromatic carbocycles. The Bertz CT molecular complexity index is 366. The van der Waals surface area contributed by atoms with Gasteiger partial charge in [0.2, 0.25) is 0 Å². The number of nitrogens with one attached hydrogen (secondary N) is 1. The van der Waals surface area contributed by atoms with Crippen molar-refractivity contribution < 1.29 is 0 Å². The maximum Gasteiger partial charge on any atom is 0.0208 e. The summed E-state index contributed by atoms with van der Waals surface area (Å²) in [5.41, 5.74) is 5.70. The van der Waals surface area contributed by atoms with E-state index in [2.05, 4.69) is 37.0 Å². The molecule has 0 aromatic heterocycles. The quantitative estimate of drug-likeness (QED) is 0.739. The SMILES string of the molecule is C=C(C)CNCc1ccc2c(c1)CCC2. The molecule has 0 unspecified atom stereocenters. The molecule has 15 heavy (non-hydrogen) atoms. The van der Waals surface area contributed by atoms with Gasteiger partial charge in [-0.1, -0.05) is 30.4 Å². The molecule has 80 valence electrons. The van der Waals surface area contributed by atoms with Crippen LogP contribution in [0.2, 0.25) is 0 Å². The van der Waals surface area contributed by atoms with Crippen LogP contribution in [0, 0.1) is 0 Å². The number of benzene rings is 1. The van der Waals surface area contributed by atoms with Crippen LogP contribution in [0.3, 0.4) is 0 Å².